The molecule has 0 amide bonds. The summed E-state index contributed by atoms with van der Waals surface area (Å²) in [5.41, 5.74) is 5.77. The quantitative estimate of drug-likeness (QED) is 0.896. The minimum absolute atomic E-state index is 0.00165. The first-order valence-corrected chi connectivity index (χ1v) is 6.70. The Kier molecular flexibility index (Phi) is 4.46. The molecule has 1 aromatic carbocycles. The van der Waals surface area contributed by atoms with E-state index in [0.717, 1.165) is 0 Å². The molecule has 0 spiro atoms. The van der Waals surface area contributed by atoms with Gasteiger partial charge in [-0.25, -0.2) is 19.2 Å². The number of nitrogens with zero attached hydrogens (tertiary/aromatic N) is 2. The van der Waals surface area contributed by atoms with Crippen molar-refractivity contribution < 1.29 is 19.0 Å². The summed E-state index contributed by atoms with van der Waals surface area (Å²) in [6, 6.07) is 2.75. The molecule has 6 nitrogen and oxygen atoms in total. The topological polar surface area (TPSA) is 98.3 Å². The molecule has 116 valence electrons. The van der Waals surface area contributed by atoms with E-state index in [0.29, 0.717) is 12.0 Å². The van der Waals surface area contributed by atoms with Crippen LogP contribution < -0.4 is 10.5 Å². The maximum Gasteiger partial charge on any atom is 0.355 e. The summed E-state index contributed by atoms with van der Waals surface area (Å²) in [4.78, 5) is 19.2. The summed E-state index contributed by atoms with van der Waals surface area (Å²) in [7, 11) is 1.27. The van der Waals surface area contributed by atoms with Gasteiger partial charge in [-0.15, -0.1) is 0 Å². The Morgan fingerprint density at radius 1 is 1.45 bits per heavy atom. The van der Waals surface area contributed by atoms with Crippen LogP contribution in [0.1, 0.15) is 23.0 Å². The number of hydrogen-bond acceptors (Lipinski definition) is 5. The van der Waals surface area contributed by atoms with E-state index < -0.39 is 11.8 Å². The van der Waals surface area contributed by atoms with Crippen LogP contribution in [0.3, 0.4) is 0 Å². The lowest BCUT2D eigenvalue weighted by molar-refractivity contribution is 0.0689. The molecule has 0 radical (unpaired) electrons. The van der Waals surface area contributed by atoms with Crippen molar-refractivity contribution in [3.63, 3.8) is 0 Å². The molecular formula is C14H13ClFN3O3. The van der Waals surface area contributed by atoms with E-state index in [1.165, 1.54) is 19.2 Å². The third kappa shape index (κ3) is 2.67. The number of anilines is 1. The first-order valence-electron chi connectivity index (χ1n) is 6.32. The standard InChI is InChI=1S/C14H13ClFN3O3/c1-3-6-10(14(20)21)18-13(19-12(6)17)7-4-5-8(15)11(22-2)9(7)16/h4-5H,3H2,1-2H3,(H,20,21)(H2,17,18,19). The highest BCUT2D eigenvalue weighted by Crippen LogP contribution is 2.34. The van der Waals surface area contributed by atoms with Gasteiger partial charge < -0.3 is 15.6 Å². The van der Waals surface area contributed by atoms with Gasteiger partial charge in [0.15, 0.2) is 23.1 Å². The van der Waals surface area contributed by atoms with Crippen LogP contribution in [0.2, 0.25) is 5.02 Å². The average Bonchev–Trinajstić information content (AvgIpc) is 2.46. The number of ether oxygens (including phenoxy) is 1. The molecule has 1 heterocycles. The Labute approximate surface area is 130 Å². The second-order valence-corrected chi connectivity index (χ2v) is 4.77. The van der Waals surface area contributed by atoms with Gasteiger partial charge in [-0.1, -0.05) is 18.5 Å². The largest absolute Gasteiger partial charge is 0.492 e. The van der Waals surface area contributed by atoms with Gasteiger partial charge in [0.05, 0.1) is 17.7 Å². The van der Waals surface area contributed by atoms with E-state index in [9.17, 15) is 14.3 Å². The molecular weight excluding hydrogens is 313 g/mol. The summed E-state index contributed by atoms with van der Waals surface area (Å²) >= 11 is 5.83. The molecule has 8 heteroatoms. The number of carboxylic acids is 1. The smallest absolute Gasteiger partial charge is 0.355 e. The predicted octanol–water partition coefficient (Wildman–Crippen LogP) is 2.79. The molecule has 0 aliphatic heterocycles. The number of hydrogen-bond donors (Lipinski definition) is 2. The lowest BCUT2D eigenvalue weighted by Crippen LogP contribution is -2.12. The van der Waals surface area contributed by atoms with Crippen LogP contribution in [-0.2, 0) is 6.42 Å². The SMILES string of the molecule is CCc1c(N)nc(-c2ccc(Cl)c(OC)c2F)nc1C(=O)O. The minimum Gasteiger partial charge on any atom is -0.492 e. The normalized spacial score (nSPS) is 10.5. The zero-order valence-electron chi connectivity index (χ0n) is 11.9. The molecule has 0 atom stereocenters. The van der Waals surface area contributed by atoms with Crippen molar-refractivity contribution in [3.05, 3.63) is 34.2 Å². The zero-order chi connectivity index (χ0) is 16.4. The number of benzene rings is 1. The first kappa shape index (κ1) is 16.0. The van der Waals surface area contributed by atoms with Crippen LogP contribution >= 0.6 is 11.6 Å². The summed E-state index contributed by atoms with van der Waals surface area (Å²) < 4.78 is 19.3. The van der Waals surface area contributed by atoms with Crippen molar-refractivity contribution in [2.75, 3.05) is 12.8 Å². The fourth-order valence-corrected chi connectivity index (χ4v) is 2.26. The van der Waals surface area contributed by atoms with Gasteiger partial charge in [0.25, 0.3) is 0 Å². The Balaban J connectivity index is 2.71. The molecule has 2 rings (SSSR count). The van der Waals surface area contributed by atoms with Crippen LogP contribution in [0.4, 0.5) is 10.2 Å². The number of aromatic nitrogens is 2. The van der Waals surface area contributed by atoms with Crippen LogP contribution in [0.15, 0.2) is 12.1 Å². The Bertz CT molecular complexity index is 753. The second-order valence-electron chi connectivity index (χ2n) is 4.36. The monoisotopic (exact) mass is 325 g/mol. The molecule has 0 aliphatic rings. The van der Waals surface area contributed by atoms with Crippen LogP contribution in [-0.4, -0.2) is 28.2 Å². The Morgan fingerprint density at radius 2 is 2.14 bits per heavy atom. The fraction of sp³-hybridized carbons (Fsp3) is 0.214. The van der Waals surface area contributed by atoms with Crippen molar-refractivity contribution in [2.45, 2.75) is 13.3 Å². The third-order valence-corrected chi connectivity index (χ3v) is 3.39. The van der Waals surface area contributed by atoms with E-state index >= 15 is 0 Å². The number of carboxylic acid groups (broad SMARTS) is 1. The first-order chi connectivity index (χ1) is 10.4. The van der Waals surface area contributed by atoms with Crippen LogP contribution in [0.5, 0.6) is 5.75 Å². The van der Waals surface area contributed by atoms with Gasteiger partial charge in [-0.3, -0.25) is 0 Å². The van der Waals surface area contributed by atoms with E-state index in [1.807, 2.05) is 0 Å². The molecule has 1 aromatic heterocycles. The number of nitrogen functional groups attached to an aromatic ring is 1. The number of aromatic carboxylic acids is 1. The Morgan fingerprint density at radius 3 is 2.68 bits per heavy atom. The highest BCUT2D eigenvalue weighted by molar-refractivity contribution is 6.32. The fourth-order valence-electron chi connectivity index (χ4n) is 2.04. The van der Waals surface area contributed by atoms with Gasteiger partial charge in [0, 0.05) is 5.56 Å². The zero-order valence-corrected chi connectivity index (χ0v) is 12.6. The van der Waals surface area contributed by atoms with Crippen molar-refractivity contribution in [3.8, 4) is 17.1 Å². The van der Waals surface area contributed by atoms with E-state index in [-0.39, 0.29) is 33.7 Å². The number of halogens is 2. The van der Waals surface area contributed by atoms with Gasteiger partial charge in [0.2, 0.25) is 0 Å². The van der Waals surface area contributed by atoms with Gasteiger partial charge >= 0.3 is 5.97 Å². The molecule has 0 unspecified atom stereocenters. The van der Waals surface area contributed by atoms with Crippen LogP contribution in [0.25, 0.3) is 11.4 Å². The van der Waals surface area contributed by atoms with Crippen molar-refractivity contribution >= 4 is 23.4 Å². The van der Waals surface area contributed by atoms with E-state index in [1.54, 1.807) is 6.92 Å². The predicted molar refractivity (Wildman–Crippen MR) is 79.7 cm³/mol. The lowest BCUT2D eigenvalue weighted by atomic mass is 10.1. The minimum atomic E-state index is -1.26. The Hall–Kier alpha value is -2.41. The van der Waals surface area contributed by atoms with Gasteiger partial charge in [-0.05, 0) is 18.6 Å². The number of rotatable bonds is 4. The van der Waals surface area contributed by atoms with E-state index in [4.69, 9.17) is 22.1 Å². The van der Waals surface area contributed by atoms with Gasteiger partial charge in [0.1, 0.15) is 5.82 Å². The summed E-state index contributed by atoms with van der Waals surface area (Å²) in [6.45, 7) is 1.73. The highest BCUT2D eigenvalue weighted by Gasteiger charge is 2.21. The number of methoxy groups -OCH3 is 1. The maximum absolute atomic E-state index is 14.4. The second kappa shape index (κ2) is 6.15. The van der Waals surface area contributed by atoms with Crippen molar-refractivity contribution in [1.29, 1.82) is 0 Å². The molecule has 0 aliphatic carbocycles. The summed E-state index contributed by atoms with van der Waals surface area (Å²) in [6.07, 6.45) is 0.347. The molecule has 0 saturated heterocycles. The average molecular weight is 326 g/mol. The summed E-state index contributed by atoms with van der Waals surface area (Å²) in [5, 5.41) is 9.31. The molecule has 3 N–H and O–H groups in total. The number of carbonyl (C=O) groups is 1. The molecule has 22 heavy (non-hydrogen) atoms. The molecule has 2 aromatic rings. The highest BCUT2D eigenvalue weighted by atomic mass is 35.5. The molecule has 0 bridgehead atoms. The van der Waals surface area contributed by atoms with Crippen LogP contribution in [0, 0.1) is 5.82 Å². The molecule has 0 saturated carbocycles. The van der Waals surface area contributed by atoms with Gasteiger partial charge in [-0.2, -0.15) is 0 Å². The lowest BCUT2D eigenvalue weighted by Gasteiger charge is -2.11. The number of nitrogens with two attached hydrogens (primary N) is 1. The maximum atomic E-state index is 14.4. The summed E-state index contributed by atoms with van der Waals surface area (Å²) in [5.74, 6) is -2.35. The third-order valence-electron chi connectivity index (χ3n) is 3.09. The van der Waals surface area contributed by atoms with E-state index in [2.05, 4.69) is 9.97 Å². The van der Waals surface area contributed by atoms with Crippen molar-refractivity contribution in [2.24, 2.45) is 0 Å². The molecule has 0 fully saturated rings. The van der Waals surface area contributed by atoms with Crippen molar-refractivity contribution in [1.82, 2.24) is 9.97 Å².